The van der Waals surface area contributed by atoms with Gasteiger partial charge in [0.25, 0.3) is 0 Å². The van der Waals surface area contributed by atoms with Crippen LogP contribution in [0.4, 0.5) is 0 Å². The molecule has 0 spiro atoms. The standard InChI is InChI=1S/C11H13BrN2O/c1-8(15)4-5-14-7-13-10-3-2-9(12)6-11(10)14/h2-3,6-8,15H,4-5H2,1H3. The number of aliphatic hydroxyl groups excluding tert-OH is 1. The number of aromatic nitrogens is 2. The van der Waals surface area contributed by atoms with Crippen LogP contribution in [0.25, 0.3) is 11.0 Å². The fourth-order valence-electron chi connectivity index (χ4n) is 1.53. The van der Waals surface area contributed by atoms with Gasteiger partial charge in [0.2, 0.25) is 0 Å². The summed E-state index contributed by atoms with van der Waals surface area (Å²) in [6.45, 7) is 2.60. The highest BCUT2D eigenvalue weighted by Crippen LogP contribution is 2.19. The molecular weight excluding hydrogens is 256 g/mol. The second-order valence-electron chi connectivity index (χ2n) is 3.71. The number of imidazole rings is 1. The minimum Gasteiger partial charge on any atom is -0.393 e. The first kappa shape index (κ1) is 10.6. The molecule has 0 saturated heterocycles. The minimum absolute atomic E-state index is 0.269. The highest BCUT2D eigenvalue weighted by molar-refractivity contribution is 9.10. The number of hydrogen-bond donors (Lipinski definition) is 1. The molecule has 0 aliphatic rings. The Balaban J connectivity index is 2.31. The number of rotatable bonds is 3. The predicted octanol–water partition coefficient (Wildman–Crippen LogP) is 2.57. The van der Waals surface area contributed by atoms with E-state index < -0.39 is 0 Å². The van der Waals surface area contributed by atoms with Crippen molar-refractivity contribution in [3.05, 3.63) is 29.0 Å². The van der Waals surface area contributed by atoms with Crippen LogP contribution in [0.3, 0.4) is 0 Å². The van der Waals surface area contributed by atoms with Crippen molar-refractivity contribution < 1.29 is 5.11 Å². The van der Waals surface area contributed by atoms with Gasteiger partial charge < -0.3 is 9.67 Å². The van der Waals surface area contributed by atoms with Crippen LogP contribution in [0.15, 0.2) is 29.0 Å². The monoisotopic (exact) mass is 268 g/mol. The zero-order chi connectivity index (χ0) is 10.8. The number of aryl methyl sites for hydroxylation is 1. The molecule has 1 heterocycles. The Labute approximate surface area is 96.9 Å². The molecule has 1 aromatic carbocycles. The summed E-state index contributed by atoms with van der Waals surface area (Å²) < 4.78 is 3.11. The summed E-state index contributed by atoms with van der Waals surface area (Å²) in [5.41, 5.74) is 2.09. The lowest BCUT2D eigenvalue weighted by molar-refractivity contribution is 0.178. The molecule has 0 bridgehead atoms. The largest absolute Gasteiger partial charge is 0.393 e. The maximum Gasteiger partial charge on any atom is 0.0958 e. The third kappa shape index (κ3) is 2.38. The second kappa shape index (κ2) is 4.33. The van der Waals surface area contributed by atoms with Gasteiger partial charge in [-0.15, -0.1) is 0 Å². The molecule has 80 valence electrons. The van der Waals surface area contributed by atoms with Crippen LogP contribution in [0.1, 0.15) is 13.3 Å². The zero-order valence-corrected chi connectivity index (χ0v) is 10.1. The molecule has 15 heavy (non-hydrogen) atoms. The number of aliphatic hydroxyl groups is 1. The van der Waals surface area contributed by atoms with Crippen LogP contribution < -0.4 is 0 Å². The highest BCUT2D eigenvalue weighted by atomic mass is 79.9. The summed E-state index contributed by atoms with van der Waals surface area (Å²) in [6.07, 6.45) is 2.30. The van der Waals surface area contributed by atoms with E-state index in [4.69, 9.17) is 0 Å². The first-order chi connectivity index (χ1) is 7.16. The Hall–Kier alpha value is -0.870. The van der Waals surface area contributed by atoms with Crippen LogP contribution >= 0.6 is 15.9 Å². The van der Waals surface area contributed by atoms with E-state index in [1.54, 1.807) is 6.92 Å². The van der Waals surface area contributed by atoms with Crippen LogP contribution in [0.5, 0.6) is 0 Å². The fourth-order valence-corrected chi connectivity index (χ4v) is 1.88. The molecule has 1 aromatic heterocycles. The summed E-state index contributed by atoms with van der Waals surface area (Å²) in [7, 11) is 0. The Bertz CT molecular complexity index is 465. The van der Waals surface area contributed by atoms with E-state index in [1.807, 2.05) is 24.5 Å². The van der Waals surface area contributed by atoms with Gasteiger partial charge in [-0.1, -0.05) is 15.9 Å². The van der Waals surface area contributed by atoms with E-state index in [0.29, 0.717) is 0 Å². The van der Waals surface area contributed by atoms with Crippen LogP contribution in [0.2, 0.25) is 0 Å². The van der Waals surface area contributed by atoms with Gasteiger partial charge >= 0.3 is 0 Å². The van der Waals surface area contributed by atoms with E-state index in [9.17, 15) is 5.11 Å². The minimum atomic E-state index is -0.269. The lowest BCUT2D eigenvalue weighted by Crippen LogP contribution is -2.05. The smallest absolute Gasteiger partial charge is 0.0958 e. The zero-order valence-electron chi connectivity index (χ0n) is 8.52. The summed E-state index contributed by atoms with van der Waals surface area (Å²) in [5, 5.41) is 9.23. The molecule has 2 rings (SSSR count). The average Bonchev–Trinajstić information content (AvgIpc) is 2.57. The van der Waals surface area contributed by atoms with E-state index in [-0.39, 0.29) is 6.10 Å². The average molecular weight is 269 g/mol. The van der Waals surface area contributed by atoms with Gasteiger partial charge in [0.05, 0.1) is 23.5 Å². The van der Waals surface area contributed by atoms with E-state index >= 15 is 0 Å². The number of benzene rings is 1. The van der Waals surface area contributed by atoms with E-state index in [1.165, 1.54) is 0 Å². The number of hydrogen-bond acceptors (Lipinski definition) is 2. The maximum atomic E-state index is 9.23. The Morgan fingerprint density at radius 2 is 2.33 bits per heavy atom. The Morgan fingerprint density at radius 3 is 3.07 bits per heavy atom. The third-order valence-electron chi connectivity index (χ3n) is 2.37. The number of halogens is 1. The molecule has 3 nitrogen and oxygen atoms in total. The molecule has 4 heteroatoms. The molecular formula is C11H13BrN2O. The highest BCUT2D eigenvalue weighted by Gasteiger charge is 2.03. The van der Waals surface area contributed by atoms with Gasteiger partial charge in [-0.25, -0.2) is 4.98 Å². The summed E-state index contributed by atoms with van der Waals surface area (Å²) in [5.74, 6) is 0. The van der Waals surface area contributed by atoms with Gasteiger partial charge in [0.1, 0.15) is 0 Å². The van der Waals surface area contributed by atoms with Crippen molar-refractivity contribution in [2.75, 3.05) is 0 Å². The van der Waals surface area contributed by atoms with Crippen molar-refractivity contribution in [1.82, 2.24) is 9.55 Å². The van der Waals surface area contributed by atoms with E-state index in [2.05, 4.69) is 25.5 Å². The molecule has 0 saturated carbocycles. The normalized spacial score (nSPS) is 13.3. The van der Waals surface area contributed by atoms with Crippen molar-refractivity contribution in [2.24, 2.45) is 0 Å². The quantitative estimate of drug-likeness (QED) is 0.929. The molecule has 2 aromatic rings. The first-order valence-electron chi connectivity index (χ1n) is 4.95. The molecule has 0 amide bonds. The topological polar surface area (TPSA) is 38.0 Å². The van der Waals surface area contributed by atoms with Crippen molar-refractivity contribution in [1.29, 1.82) is 0 Å². The Morgan fingerprint density at radius 1 is 1.53 bits per heavy atom. The molecule has 1 unspecified atom stereocenters. The number of fused-ring (bicyclic) bond motifs is 1. The lowest BCUT2D eigenvalue weighted by atomic mass is 10.2. The van der Waals surface area contributed by atoms with E-state index in [0.717, 1.165) is 28.5 Å². The predicted molar refractivity (Wildman–Crippen MR) is 63.7 cm³/mol. The maximum absolute atomic E-state index is 9.23. The third-order valence-corrected chi connectivity index (χ3v) is 2.86. The van der Waals surface area contributed by atoms with Crippen LogP contribution in [-0.4, -0.2) is 20.8 Å². The van der Waals surface area contributed by atoms with Crippen molar-refractivity contribution in [3.8, 4) is 0 Å². The van der Waals surface area contributed by atoms with Crippen molar-refractivity contribution >= 4 is 27.0 Å². The number of nitrogens with zero attached hydrogens (tertiary/aromatic N) is 2. The molecule has 1 atom stereocenters. The molecule has 1 N–H and O–H groups in total. The lowest BCUT2D eigenvalue weighted by Gasteiger charge is -2.06. The van der Waals surface area contributed by atoms with Gasteiger partial charge in [-0.2, -0.15) is 0 Å². The summed E-state index contributed by atoms with van der Waals surface area (Å²) in [6, 6.07) is 6.01. The molecule has 0 radical (unpaired) electrons. The Kier molecular flexibility index (Phi) is 3.07. The van der Waals surface area contributed by atoms with Crippen LogP contribution in [0, 0.1) is 0 Å². The second-order valence-corrected chi connectivity index (χ2v) is 4.62. The van der Waals surface area contributed by atoms with Crippen molar-refractivity contribution in [2.45, 2.75) is 26.0 Å². The van der Waals surface area contributed by atoms with Gasteiger partial charge in [0, 0.05) is 11.0 Å². The molecule has 0 fully saturated rings. The van der Waals surface area contributed by atoms with Crippen LogP contribution in [-0.2, 0) is 6.54 Å². The first-order valence-corrected chi connectivity index (χ1v) is 5.74. The summed E-state index contributed by atoms with van der Waals surface area (Å²) in [4.78, 5) is 4.30. The SMILES string of the molecule is CC(O)CCn1cnc2ccc(Br)cc21. The van der Waals surface area contributed by atoms with Gasteiger partial charge in [-0.05, 0) is 31.5 Å². The molecule has 0 aliphatic carbocycles. The van der Waals surface area contributed by atoms with Gasteiger partial charge in [-0.3, -0.25) is 0 Å². The molecule has 0 aliphatic heterocycles. The van der Waals surface area contributed by atoms with Crippen molar-refractivity contribution in [3.63, 3.8) is 0 Å². The summed E-state index contributed by atoms with van der Waals surface area (Å²) >= 11 is 3.44. The fraction of sp³-hybridized carbons (Fsp3) is 0.364. The van der Waals surface area contributed by atoms with Gasteiger partial charge in [0.15, 0.2) is 0 Å².